The molecule has 22 heavy (non-hydrogen) atoms. The molecule has 2 amide bonds. The van der Waals surface area contributed by atoms with E-state index in [2.05, 4.69) is 5.32 Å². The summed E-state index contributed by atoms with van der Waals surface area (Å²) in [6, 6.07) is 15.7. The molecule has 1 atom stereocenters. The minimum atomic E-state index is -0.134. The number of fused-ring (bicyclic) bond motifs is 2. The van der Waals surface area contributed by atoms with Gasteiger partial charge in [-0.25, -0.2) is 4.79 Å². The van der Waals surface area contributed by atoms with Crippen molar-refractivity contribution in [2.24, 2.45) is 0 Å². The summed E-state index contributed by atoms with van der Waals surface area (Å²) in [5.41, 5.74) is 1.82. The molecule has 1 aliphatic heterocycles. The first-order valence-corrected chi connectivity index (χ1v) is 7.98. The van der Waals surface area contributed by atoms with E-state index >= 15 is 0 Å². The van der Waals surface area contributed by atoms with Gasteiger partial charge in [-0.3, -0.25) is 4.90 Å². The lowest BCUT2D eigenvalue weighted by Gasteiger charge is -2.31. The molecule has 0 radical (unpaired) electrons. The molecule has 1 aliphatic rings. The van der Waals surface area contributed by atoms with Crippen molar-refractivity contribution < 1.29 is 9.53 Å². The van der Waals surface area contributed by atoms with Gasteiger partial charge in [0.15, 0.2) is 0 Å². The Morgan fingerprint density at radius 1 is 1.14 bits per heavy atom. The van der Waals surface area contributed by atoms with Crippen LogP contribution in [0.3, 0.4) is 0 Å². The van der Waals surface area contributed by atoms with Gasteiger partial charge in [0.1, 0.15) is 0 Å². The molecule has 0 fully saturated rings. The van der Waals surface area contributed by atoms with Crippen LogP contribution in [0.1, 0.15) is 6.92 Å². The third-order valence-corrected chi connectivity index (χ3v) is 4.55. The average molecular weight is 314 g/mol. The molecule has 0 aliphatic carbocycles. The minimum Gasteiger partial charge on any atom is -0.383 e. The lowest BCUT2D eigenvalue weighted by molar-refractivity contribution is 0.172. The standard InChI is InChI=1S/C17H18N2O2S/c1-12(11-21-2)18-17(20)19-13-7-3-5-9-15(13)22-16-10-6-4-8-14(16)19/h3-10,12H,11H2,1-2H3,(H,18,20)/t12-/m1/s1. The molecule has 0 bridgehead atoms. The first-order chi connectivity index (χ1) is 10.7. The molecule has 0 saturated heterocycles. The van der Waals surface area contributed by atoms with Crippen molar-refractivity contribution >= 4 is 29.2 Å². The number of benzene rings is 2. The van der Waals surface area contributed by atoms with Gasteiger partial charge in [-0.1, -0.05) is 36.0 Å². The molecule has 1 heterocycles. The Hall–Kier alpha value is -1.98. The quantitative estimate of drug-likeness (QED) is 0.930. The maximum Gasteiger partial charge on any atom is 0.326 e. The molecule has 114 valence electrons. The minimum absolute atomic E-state index is 0.0496. The van der Waals surface area contributed by atoms with Crippen LogP contribution in [0.15, 0.2) is 58.3 Å². The summed E-state index contributed by atoms with van der Waals surface area (Å²) in [5, 5.41) is 2.99. The number of carbonyl (C=O) groups excluding carboxylic acids is 1. The smallest absolute Gasteiger partial charge is 0.326 e. The third kappa shape index (κ3) is 2.82. The highest BCUT2D eigenvalue weighted by atomic mass is 32.2. The molecular weight excluding hydrogens is 296 g/mol. The van der Waals surface area contributed by atoms with Crippen molar-refractivity contribution in [3.8, 4) is 0 Å². The number of amides is 2. The number of ether oxygens (including phenoxy) is 1. The normalized spacial score (nSPS) is 14.0. The number of hydrogen-bond donors (Lipinski definition) is 1. The Morgan fingerprint density at radius 2 is 1.68 bits per heavy atom. The Balaban J connectivity index is 1.97. The highest BCUT2D eigenvalue weighted by molar-refractivity contribution is 7.99. The zero-order chi connectivity index (χ0) is 15.5. The Kier molecular flexibility index (Phi) is 4.36. The monoisotopic (exact) mass is 314 g/mol. The van der Waals surface area contributed by atoms with Crippen LogP contribution in [0.5, 0.6) is 0 Å². The molecule has 1 N–H and O–H groups in total. The lowest BCUT2D eigenvalue weighted by atomic mass is 10.2. The summed E-state index contributed by atoms with van der Waals surface area (Å²) in [5.74, 6) is 0. The Labute approximate surface area is 134 Å². The second kappa shape index (κ2) is 6.42. The molecule has 0 aromatic heterocycles. The van der Waals surface area contributed by atoms with Crippen LogP contribution < -0.4 is 10.2 Å². The van der Waals surface area contributed by atoms with Crippen molar-refractivity contribution in [3.63, 3.8) is 0 Å². The van der Waals surface area contributed by atoms with E-state index in [9.17, 15) is 4.79 Å². The van der Waals surface area contributed by atoms with Crippen molar-refractivity contribution in [2.75, 3.05) is 18.6 Å². The van der Waals surface area contributed by atoms with E-state index in [0.29, 0.717) is 6.61 Å². The molecule has 4 nitrogen and oxygen atoms in total. The van der Waals surface area contributed by atoms with Gasteiger partial charge in [-0.15, -0.1) is 0 Å². The van der Waals surface area contributed by atoms with Gasteiger partial charge < -0.3 is 10.1 Å². The molecular formula is C17H18N2O2S. The summed E-state index contributed by atoms with van der Waals surface area (Å²) in [6.45, 7) is 2.41. The number of anilines is 2. The second-order valence-electron chi connectivity index (χ2n) is 5.18. The fourth-order valence-electron chi connectivity index (χ4n) is 2.49. The number of nitrogens with one attached hydrogen (secondary N) is 1. The predicted molar refractivity (Wildman–Crippen MR) is 89.0 cm³/mol. The maximum atomic E-state index is 12.8. The average Bonchev–Trinajstić information content (AvgIpc) is 2.52. The topological polar surface area (TPSA) is 41.6 Å². The van der Waals surface area contributed by atoms with Gasteiger partial charge in [0.25, 0.3) is 0 Å². The SMILES string of the molecule is COC[C@@H](C)NC(=O)N1c2ccccc2Sc2ccccc21. The van der Waals surface area contributed by atoms with Gasteiger partial charge in [0, 0.05) is 16.9 Å². The molecule has 3 rings (SSSR count). The van der Waals surface area contributed by atoms with Crippen LogP contribution in [0, 0.1) is 0 Å². The predicted octanol–water partition coefficient (Wildman–Crippen LogP) is 4.03. The van der Waals surface area contributed by atoms with Crippen LogP contribution in [-0.4, -0.2) is 25.8 Å². The summed E-state index contributed by atoms with van der Waals surface area (Å²) in [6.07, 6.45) is 0. The largest absolute Gasteiger partial charge is 0.383 e. The number of urea groups is 1. The van der Waals surface area contributed by atoms with E-state index in [1.165, 1.54) is 0 Å². The van der Waals surface area contributed by atoms with Crippen LogP contribution in [0.2, 0.25) is 0 Å². The van der Waals surface area contributed by atoms with Gasteiger partial charge in [-0.05, 0) is 31.2 Å². The number of nitrogens with zero attached hydrogens (tertiary/aromatic N) is 1. The third-order valence-electron chi connectivity index (χ3n) is 3.42. The summed E-state index contributed by atoms with van der Waals surface area (Å²) in [7, 11) is 1.63. The summed E-state index contributed by atoms with van der Waals surface area (Å²) in [4.78, 5) is 16.7. The van der Waals surface area contributed by atoms with Crippen molar-refractivity contribution in [2.45, 2.75) is 22.8 Å². The Morgan fingerprint density at radius 3 is 2.23 bits per heavy atom. The highest BCUT2D eigenvalue weighted by Crippen LogP contribution is 2.47. The number of methoxy groups -OCH3 is 1. The van der Waals surface area contributed by atoms with E-state index in [4.69, 9.17) is 4.74 Å². The molecule has 2 aromatic rings. The van der Waals surface area contributed by atoms with E-state index < -0.39 is 0 Å². The molecule has 5 heteroatoms. The summed E-state index contributed by atoms with van der Waals surface area (Å²) < 4.78 is 5.09. The first kappa shape index (κ1) is 14.9. The highest BCUT2D eigenvalue weighted by Gasteiger charge is 2.28. The first-order valence-electron chi connectivity index (χ1n) is 7.16. The van der Waals surface area contributed by atoms with Crippen LogP contribution in [-0.2, 0) is 4.74 Å². The van der Waals surface area contributed by atoms with Crippen LogP contribution in [0.4, 0.5) is 16.2 Å². The molecule has 0 unspecified atom stereocenters. The van der Waals surface area contributed by atoms with Gasteiger partial charge >= 0.3 is 6.03 Å². The summed E-state index contributed by atoms with van der Waals surface area (Å²) >= 11 is 1.69. The van der Waals surface area contributed by atoms with Crippen molar-refractivity contribution in [1.82, 2.24) is 5.32 Å². The molecule has 2 aromatic carbocycles. The fourth-order valence-corrected chi connectivity index (χ4v) is 3.55. The maximum absolute atomic E-state index is 12.8. The van der Waals surface area contributed by atoms with Crippen LogP contribution in [0.25, 0.3) is 0 Å². The molecule has 0 saturated carbocycles. The zero-order valence-corrected chi connectivity index (χ0v) is 13.4. The van der Waals surface area contributed by atoms with Crippen molar-refractivity contribution in [1.29, 1.82) is 0 Å². The zero-order valence-electron chi connectivity index (χ0n) is 12.6. The van der Waals surface area contributed by atoms with Gasteiger partial charge in [-0.2, -0.15) is 0 Å². The van der Waals surface area contributed by atoms with E-state index in [1.54, 1.807) is 23.8 Å². The fraction of sp³-hybridized carbons (Fsp3) is 0.235. The number of rotatable bonds is 3. The van der Waals surface area contributed by atoms with E-state index in [1.807, 2.05) is 55.5 Å². The lowest BCUT2D eigenvalue weighted by Crippen LogP contribution is -2.44. The van der Waals surface area contributed by atoms with E-state index in [-0.39, 0.29) is 12.1 Å². The van der Waals surface area contributed by atoms with E-state index in [0.717, 1.165) is 21.2 Å². The number of hydrogen-bond acceptors (Lipinski definition) is 3. The van der Waals surface area contributed by atoms with Gasteiger partial charge in [0.2, 0.25) is 0 Å². The van der Waals surface area contributed by atoms with Gasteiger partial charge in [0.05, 0.1) is 24.0 Å². The van der Waals surface area contributed by atoms with Crippen molar-refractivity contribution in [3.05, 3.63) is 48.5 Å². The molecule has 0 spiro atoms. The number of para-hydroxylation sites is 2. The second-order valence-corrected chi connectivity index (χ2v) is 6.26. The van der Waals surface area contributed by atoms with Crippen LogP contribution >= 0.6 is 11.8 Å². The number of carbonyl (C=O) groups is 1. The Bertz CT molecular complexity index is 644.